The minimum Gasteiger partial charge on any atom is -0.457 e. The number of benzene rings is 2. The number of hydrogen-bond acceptors (Lipinski definition) is 8. The van der Waals surface area contributed by atoms with E-state index in [9.17, 15) is 14.9 Å². The fraction of sp³-hybridized carbons (Fsp3) is 0.158. The molecule has 1 unspecified atom stereocenters. The summed E-state index contributed by atoms with van der Waals surface area (Å²) in [4.78, 5) is 23.7. The molecule has 0 aliphatic carbocycles. The van der Waals surface area contributed by atoms with Gasteiger partial charge in [0.1, 0.15) is 12.6 Å². The van der Waals surface area contributed by atoms with Crippen LogP contribution in [0.25, 0.3) is 0 Å². The Labute approximate surface area is 165 Å². The van der Waals surface area contributed by atoms with Crippen molar-refractivity contribution in [1.29, 1.82) is 0 Å². The zero-order chi connectivity index (χ0) is 20.4. The van der Waals surface area contributed by atoms with Crippen LogP contribution in [0.15, 0.2) is 65.9 Å². The van der Waals surface area contributed by atoms with E-state index in [1.54, 1.807) is 19.1 Å². The van der Waals surface area contributed by atoms with Gasteiger partial charge in [-0.15, -0.1) is 0 Å². The SMILES string of the molecule is CC1=C(C(=O)OCc2ccccc2)C(c2cccc([N+](=O)[O-])c2)n2nnnc2N1. The van der Waals surface area contributed by atoms with Gasteiger partial charge in [-0.3, -0.25) is 10.1 Å². The van der Waals surface area contributed by atoms with Crippen LogP contribution in [0.2, 0.25) is 0 Å². The molecule has 0 spiro atoms. The lowest BCUT2D eigenvalue weighted by atomic mass is 9.95. The number of nitrogens with one attached hydrogen (secondary N) is 1. The lowest BCUT2D eigenvalue weighted by Gasteiger charge is -2.27. The third-order valence-corrected chi connectivity index (χ3v) is 4.54. The smallest absolute Gasteiger partial charge is 0.338 e. The van der Waals surface area contributed by atoms with Gasteiger partial charge < -0.3 is 10.1 Å². The predicted molar refractivity (Wildman–Crippen MR) is 102 cm³/mol. The van der Waals surface area contributed by atoms with Gasteiger partial charge in [-0.2, -0.15) is 4.68 Å². The minimum absolute atomic E-state index is 0.0923. The number of non-ortho nitro benzene ring substituents is 1. The van der Waals surface area contributed by atoms with E-state index >= 15 is 0 Å². The Kier molecular flexibility index (Phi) is 4.73. The van der Waals surface area contributed by atoms with Crippen LogP contribution in [-0.4, -0.2) is 31.1 Å². The maximum Gasteiger partial charge on any atom is 0.338 e. The van der Waals surface area contributed by atoms with E-state index in [1.165, 1.54) is 16.8 Å². The van der Waals surface area contributed by atoms with Crippen molar-refractivity contribution >= 4 is 17.6 Å². The van der Waals surface area contributed by atoms with Crippen molar-refractivity contribution in [3.05, 3.63) is 87.1 Å². The molecule has 4 rings (SSSR count). The molecular formula is C19H16N6O4. The van der Waals surface area contributed by atoms with Crippen LogP contribution in [0.5, 0.6) is 0 Å². The number of nitro benzene ring substituents is 1. The summed E-state index contributed by atoms with van der Waals surface area (Å²) in [5, 5.41) is 25.7. The molecule has 10 heteroatoms. The van der Waals surface area contributed by atoms with E-state index in [1.807, 2.05) is 30.3 Å². The van der Waals surface area contributed by atoms with E-state index in [4.69, 9.17) is 4.74 Å². The van der Waals surface area contributed by atoms with Crippen molar-refractivity contribution in [3.8, 4) is 0 Å². The maximum atomic E-state index is 13.0. The summed E-state index contributed by atoms with van der Waals surface area (Å²) in [6.45, 7) is 1.81. The number of allylic oxidation sites excluding steroid dienone is 1. The summed E-state index contributed by atoms with van der Waals surface area (Å²) < 4.78 is 6.91. The molecule has 1 atom stereocenters. The van der Waals surface area contributed by atoms with Gasteiger partial charge in [-0.25, -0.2) is 4.79 Å². The quantitative estimate of drug-likeness (QED) is 0.399. The van der Waals surface area contributed by atoms with Gasteiger partial charge >= 0.3 is 5.97 Å². The molecule has 0 saturated heterocycles. The number of anilines is 1. The molecule has 0 bridgehead atoms. The van der Waals surface area contributed by atoms with E-state index in [0.717, 1.165) is 5.56 Å². The standard InChI is InChI=1S/C19H16N6O4/c1-12-16(18(26)29-11-13-6-3-2-4-7-13)17(24-19(20-12)21-22-23-24)14-8-5-9-15(10-14)25(27)28/h2-10,17H,11H2,1H3,(H,20,21,23). The highest BCUT2D eigenvalue weighted by atomic mass is 16.6. The zero-order valence-corrected chi connectivity index (χ0v) is 15.3. The average molecular weight is 392 g/mol. The second-order valence-electron chi connectivity index (χ2n) is 6.43. The van der Waals surface area contributed by atoms with Gasteiger partial charge in [0.05, 0.1) is 10.5 Å². The zero-order valence-electron chi connectivity index (χ0n) is 15.3. The van der Waals surface area contributed by atoms with Gasteiger partial charge in [-0.1, -0.05) is 47.6 Å². The molecular weight excluding hydrogens is 376 g/mol. The number of nitro groups is 1. The number of esters is 1. The highest BCUT2D eigenvalue weighted by Gasteiger charge is 2.35. The second kappa shape index (κ2) is 7.50. The van der Waals surface area contributed by atoms with Gasteiger partial charge in [0.25, 0.3) is 5.69 Å². The lowest BCUT2D eigenvalue weighted by Crippen LogP contribution is -2.29. The highest BCUT2D eigenvalue weighted by Crippen LogP contribution is 2.36. The molecule has 2 aromatic carbocycles. The molecule has 1 aromatic heterocycles. The Hall–Kier alpha value is -4.08. The minimum atomic E-state index is -0.760. The van der Waals surface area contributed by atoms with Crippen LogP contribution >= 0.6 is 0 Å². The largest absolute Gasteiger partial charge is 0.457 e. The van der Waals surface area contributed by atoms with Crippen LogP contribution in [0.4, 0.5) is 11.6 Å². The summed E-state index contributed by atoms with van der Waals surface area (Å²) in [6.07, 6.45) is 0. The number of fused-ring (bicyclic) bond motifs is 1. The van der Waals surface area contributed by atoms with Gasteiger partial charge in [0.2, 0.25) is 5.95 Å². The Bertz CT molecular complexity index is 1110. The molecule has 29 heavy (non-hydrogen) atoms. The second-order valence-corrected chi connectivity index (χ2v) is 6.43. The lowest BCUT2D eigenvalue weighted by molar-refractivity contribution is -0.384. The molecule has 0 saturated carbocycles. The fourth-order valence-electron chi connectivity index (χ4n) is 3.19. The molecule has 10 nitrogen and oxygen atoms in total. The third-order valence-electron chi connectivity index (χ3n) is 4.54. The normalized spacial score (nSPS) is 15.4. The van der Waals surface area contributed by atoms with Crippen molar-refractivity contribution in [2.75, 3.05) is 5.32 Å². The van der Waals surface area contributed by atoms with Crippen molar-refractivity contribution in [1.82, 2.24) is 20.2 Å². The van der Waals surface area contributed by atoms with Gasteiger partial charge in [0, 0.05) is 17.8 Å². The maximum absolute atomic E-state index is 13.0. The number of hydrogen-bond donors (Lipinski definition) is 1. The molecule has 1 aliphatic rings. The van der Waals surface area contributed by atoms with Crippen molar-refractivity contribution in [2.24, 2.45) is 0 Å². The predicted octanol–water partition coefficient (Wildman–Crippen LogP) is 2.61. The van der Waals surface area contributed by atoms with Gasteiger partial charge in [0.15, 0.2) is 0 Å². The number of nitrogens with zero attached hydrogens (tertiary/aromatic N) is 5. The van der Waals surface area contributed by atoms with E-state index < -0.39 is 16.9 Å². The summed E-state index contributed by atoms with van der Waals surface area (Å²) in [7, 11) is 0. The first kappa shape index (κ1) is 18.3. The van der Waals surface area contributed by atoms with Crippen molar-refractivity contribution < 1.29 is 14.5 Å². The molecule has 0 fully saturated rings. The molecule has 3 aromatic rings. The van der Waals surface area contributed by atoms with E-state index in [-0.39, 0.29) is 17.9 Å². The molecule has 0 radical (unpaired) electrons. The third kappa shape index (κ3) is 3.55. The number of aromatic nitrogens is 4. The molecule has 0 amide bonds. The first-order chi connectivity index (χ1) is 14.0. The molecule has 1 N–H and O–H groups in total. The summed E-state index contributed by atoms with van der Waals surface area (Å²) in [5.74, 6) is -0.227. The Morgan fingerprint density at radius 2 is 2.03 bits per heavy atom. The number of tetrazole rings is 1. The molecule has 146 valence electrons. The Morgan fingerprint density at radius 3 is 2.79 bits per heavy atom. The van der Waals surface area contributed by atoms with E-state index in [0.29, 0.717) is 17.2 Å². The summed E-state index contributed by atoms with van der Waals surface area (Å²) >= 11 is 0. The van der Waals surface area contributed by atoms with Crippen LogP contribution in [0.1, 0.15) is 24.1 Å². The van der Waals surface area contributed by atoms with Gasteiger partial charge in [-0.05, 0) is 28.5 Å². The van der Waals surface area contributed by atoms with Crippen LogP contribution < -0.4 is 5.32 Å². The monoisotopic (exact) mass is 392 g/mol. The number of carbonyl (C=O) groups excluding carboxylic acids is 1. The van der Waals surface area contributed by atoms with Crippen LogP contribution in [-0.2, 0) is 16.1 Å². The molecule has 2 heterocycles. The fourth-order valence-corrected chi connectivity index (χ4v) is 3.19. The summed E-state index contributed by atoms with van der Waals surface area (Å²) in [6, 6.07) is 14.6. The number of carbonyl (C=O) groups is 1. The topological polar surface area (TPSA) is 125 Å². The first-order valence-corrected chi connectivity index (χ1v) is 8.75. The first-order valence-electron chi connectivity index (χ1n) is 8.75. The Balaban J connectivity index is 1.71. The molecule has 1 aliphatic heterocycles. The average Bonchev–Trinajstić information content (AvgIpc) is 3.19. The van der Waals surface area contributed by atoms with Crippen LogP contribution in [0, 0.1) is 10.1 Å². The van der Waals surface area contributed by atoms with Crippen molar-refractivity contribution in [2.45, 2.75) is 19.6 Å². The van der Waals surface area contributed by atoms with E-state index in [2.05, 4.69) is 20.8 Å². The van der Waals surface area contributed by atoms with Crippen molar-refractivity contribution in [3.63, 3.8) is 0 Å². The summed E-state index contributed by atoms with van der Waals surface area (Å²) in [5.41, 5.74) is 2.05. The van der Waals surface area contributed by atoms with Crippen LogP contribution in [0.3, 0.4) is 0 Å². The highest BCUT2D eigenvalue weighted by molar-refractivity contribution is 5.92. The number of ether oxygens (including phenoxy) is 1. The number of rotatable bonds is 5. The Morgan fingerprint density at radius 1 is 1.24 bits per heavy atom.